The highest BCUT2D eigenvalue weighted by atomic mass is 16.1. The first-order valence-corrected chi connectivity index (χ1v) is 9.08. The number of hydrogen-bond donors (Lipinski definition) is 1. The first-order chi connectivity index (χ1) is 13.7. The van der Waals surface area contributed by atoms with Crippen molar-refractivity contribution in [3.63, 3.8) is 0 Å². The lowest BCUT2D eigenvalue weighted by Gasteiger charge is -2.10. The van der Waals surface area contributed by atoms with E-state index in [0.29, 0.717) is 5.56 Å². The first-order valence-electron chi connectivity index (χ1n) is 9.08. The number of amides is 1. The topological polar surface area (TPSA) is 51.9 Å². The molecular formula is C23H18N4O. The largest absolute Gasteiger partial charge is 0.343 e. The van der Waals surface area contributed by atoms with Gasteiger partial charge in [-0.05, 0) is 30.3 Å². The van der Waals surface area contributed by atoms with Crippen molar-refractivity contribution in [3.8, 4) is 5.69 Å². The van der Waals surface area contributed by atoms with Crippen molar-refractivity contribution in [3.05, 3.63) is 91.0 Å². The summed E-state index contributed by atoms with van der Waals surface area (Å²) in [4.78, 5) is 17.2. The molecular weight excluding hydrogens is 348 g/mol. The Labute approximate surface area is 161 Å². The zero-order valence-corrected chi connectivity index (χ0v) is 15.3. The molecule has 0 aliphatic rings. The normalized spacial score (nSPS) is 11.2. The van der Waals surface area contributed by atoms with Crippen LogP contribution in [0.5, 0.6) is 0 Å². The van der Waals surface area contributed by atoms with Crippen molar-refractivity contribution < 1.29 is 4.79 Å². The van der Waals surface area contributed by atoms with E-state index < -0.39 is 0 Å². The number of hydrogen-bond acceptors (Lipinski definition) is 2. The number of nitrogens with one attached hydrogen (secondary N) is 1. The van der Waals surface area contributed by atoms with Gasteiger partial charge in [-0.2, -0.15) is 0 Å². The van der Waals surface area contributed by atoms with Crippen molar-refractivity contribution in [1.82, 2.24) is 14.1 Å². The second-order valence-electron chi connectivity index (χ2n) is 6.75. The minimum Gasteiger partial charge on any atom is -0.343 e. The number of carbonyl (C=O) groups is 1. The zero-order valence-electron chi connectivity index (χ0n) is 15.3. The maximum atomic E-state index is 13.1. The van der Waals surface area contributed by atoms with Crippen molar-refractivity contribution in [1.29, 1.82) is 0 Å². The molecule has 0 atom stereocenters. The van der Waals surface area contributed by atoms with E-state index in [9.17, 15) is 4.79 Å². The Morgan fingerprint density at radius 3 is 2.64 bits per heavy atom. The lowest BCUT2D eigenvalue weighted by Crippen LogP contribution is -2.13. The molecule has 0 spiro atoms. The molecule has 3 aromatic carbocycles. The van der Waals surface area contributed by atoms with Gasteiger partial charge in [0, 0.05) is 47.1 Å². The Kier molecular flexibility index (Phi) is 3.72. The van der Waals surface area contributed by atoms with Crippen LogP contribution in [-0.4, -0.2) is 20.0 Å². The van der Waals surface area contributed by atoms with Gasteiger partial charge in [0.2, 0.25) is 0 Å². The summed E-state index contributed by atoms with van der Waals surface area (Å²) < 4.78 is 3.99. The molecule has 0 unspecified atom stereocenters. The van der Waals surface area contributed by atoms with Crippen molar-refractivity contribution in [2.24, 2.45) is 7.05 Å². The predicted octanol–water partition coefficient (Wildman–Crippen LogP) is 4.77. The number of anilines is 1. The SMILES string of the molecule is Cn1c2ccccc2c2cccc(C(=O)Nc3cccc(-n4ccnc4)c3)c21. The van der Waals surface area contributed by atoms with E-state index in [1.165, 1.54) is 0 Å². The Morgan fingerprint density at radius 1 is 0.964 bits per heavy atom. The Bertz CT molecular complexity index is 1320. The highest BCUT2D eigenvalue weighted by Crippen LogP contribution is 2.30. The summed E-state index contributed by atoms with van der Waals surface area (Å²) >= 11 is 0. The second-order valence-corrected chi connectivity index (χ2v) is 6.75. The van der Waals surface area contributed by atoms with Crippen molar-refractivity contribution in [2.75, 3.05) is 5.32 Å². The first kappa shape index (κ1) is 16.3. The molecule has 2 aromatic heterocycles. The summed E-state index contributed by atoms with van der Waals surface area (Å²) in [5, 5.41) is 5.27. The highest BCUT2D eigenvalue weighted by Gasteiger charge is 2.16. The Morgan fingerprint density at radius 2 is 1.79 bits per heavy atom. The van der Waals surface area contributed by atoms with Crippen LogP contribution in [-0.2, 0) is 7.05 Å². The number of fused-ring (bicyclic) bond motifs is 3. The van der Waals surface area contributed by atoms with Crippen LogP contribution in [0.3, 0.4) is 0 Å². The summed E-state index contributed by atoms with van der Waals surface area (Å²) in [6.07, 6.45) is 5.33. The van der Waals surface area contributed by atoms with Gasteiger partial charge in [0.05, 0.1) is 17.4 Å². The van der Waals surface area contributed by atoms with Gasteiger partial charge in [-0.1, -0.05) is 36.4 Å². The molecule has 5 aromatic rings. The molecule has 0 fully saturated rings. The summed E-state index contributed by atoms with van der Waals surface area (Å²) in [7, 11) is 2.00. The van der Waals surface area contributed by atoms with Crippen LogP contribution in [0, 0.1) is 0 Å². The molecule has 28 heavy (non-hydrogen) atoms. The molecule has 0 aliphatic heterocycles. The molecule has 2 heterocycles. The number of nitrogens with zero attached hydrogens (tertiary/aromatic N) is 3. The van der Waals surface area contributed by atoms with E-state index in [-0.39, 0.29) is 5.91 Å². The molecule has 1 N–H and O–H groups in total. The maximum absolute atomic E-state index is 13.1. The number of imidazole rings is 1. The van der Waals surface area contributed by atoms with E-state index in [1.54, 1.807) is 12.5 Å². The Balaban J connectivity index is 1.56. The molecule has 0 radical (unpaired) electrons. The molecule has 0 aliphatic carbocycles. The summed E-state index contributed by atoms with van der Waals surface area (Å²) in [6, 6.07) is 21.8. The van der Waals surface area contributed by atoms with Gasteiger partial charge in [0.1, 0.15) is 0 Å². The Hall–Kier alpha value is -3.86. The number of carbonyl (C=O) groups excluding carboxylic acids is 1. The van der Waals surface area contributed by atoms with E-state index in [4.69, 9.17) is 0 Å². The van der Waals surface area contributed by atoms with Gasteiger partial charge in [-0.15, -0.1) is 0 Å². The predicted molar refractivity (Wildman–Crippen MR) is 112 cm³/mol. The van der Waals surface area contributed by atoms with Crippen LogP contribution in [0.25, 0.3) is 27.5 Å². The van der Waals surface area contributed by atoms with Crippen LogP contribution in [0.1, 0.15) is 10.4 Å². The van der Waals surface area contributed by atoms with Crippen molar-refractivity contribution in [2.45, 2.75) is 0 Å². The smallest absolute Gasteiger partial charge is 0.257 e. The lowest BCUT2D eigenvalue weighted by molar-refractivity contribution is 0.102. The second kappa shape index (κ2) is 6.39. The summed E-state index contributed by atoms with van der Waals surface area (Å²) in [5.74, 6) is -0.126. The maximum Gasteiger partial charge on any atom is 0.257 e. The molecule has 0 saturated heterocycles. The van der Waals surface area contributed by atoms with Gasteiger partial charge in [-0.3, -0.25) is 4.79 Å². The van der Waals surface area contributed by atoms with Crippen LogP contribution >= 0.6 is 0 Å². The average molecular weight is 366 g/mol. The van der Waals surface area contributed by atoms with Crippen LogP contribution in [0.15, 0.2) is 85.5 Å². The van der Waals surface area contributed by atoms with Crippen LogP contribution < -0.4 is 5.32 Å². The van der Waals surface area contributed by atoms with E-state index in [2.05, 4.69) is 33.1 Å². The molecule has 5 nitrogen and oxygen atoms in total. The van der Waals surface area contributed by atoms with Gasteiger partial charge >= 0.3 is 0 Å². The van der Waals surface area contributed by atoms with Gasteiger partial charge < -0.3 is 14.5 Å². The summed E-state index contributed by atoms with van der Waals surface area (Å²) in [6.45, 7) is 0. The molecule has 5 rings (SSSR count). The van der Waals surface area contributed by atoms with E-state index in [0.717, 1.165) is 33.2 Å². The molecule has 5 heteroatoms. The minimum absolute atomic E-state index is 0.126. The quantitative estimate of drug-likeness (QED) is 0.500. The number of benzene rings is 3. The number of aromatic nitrogens is 3. The van der Waals surface area contributed by atoms with Gasteiger partial charge in [0.25, 0.3) is 5.91 Å². The lowest BCUT2D eigenvalue weighted by atomic mass is 10.1. The molecule has 0 saturated carbocycles. The fraction of sp³-hybridized carbons (Fsp3) is 0.0435. The number of aryl methyl sites for hydroxylation is 1. The third-order valence-electron chi connectivity index (χ3n) is 5.08. The third kappa shape index (κ3) is 2.56. The van der Waals surface area contributed by atoms with Crippen LogP contribution in [0.2, 0.25) is 0 Å². The standard InChI is InChI=1S/C23H18N4O/c1-26-21-11-3-2-8-18(21)19-9-5-10-20(22(19)26)23(28)25-16-6-4-7-17(14-16)27-13-12-24-15-27/h2-15H,1H3,(H,25,28). The van der Waals surface area contributed by atoms with E-state index >= 15 is 0 Å². The molecule has 1 amide bonds. The fourth-order valence-corrected chi connectivity index (χ4v) is 3.77. The summed E-state index contributed by atoms with van der Waals surface area (Å²) in [5.41, 5.74) is 4.39. The minimum atomic E-state index is -0.126. The van der Waals surface area contributed by atoms with E-state index in [1.807, 2.05) is 66.3 Å². The van der Waals surface area contributed by atoms with Crippen molar-refractivity contribution >= 4 is 33.4 Å². The molecule has 0 bridgehead atoms. The van der Waals surface area contributed by atoms with Gasteiger partial charge in [0.15, 0.2) is 0 Å². The number of para-hydroxylation sites is 2. The fourth-order valence-electron chi connectivity index (χ4n) is 3.77. The number of rotatable bonds is 3. The zero-order chi connectivity index (χ0) is 19.1. The third-order valence-corrected chi connectivity index (χ3v) is 5.08. The molecule has 136 valence electrons. The van der Waals surface area contributed by atoms with Crippen LogP contribution in [0.4, 0.5) is 5.69 Å². The van der Waals surface area contributed by atoms with Gasteiger partial charge in [-0.25, -0.2) is 4.98 Å². The highest BCUT2D eigenvalue weighted by molar-refractivity contribution is 6.18. The monoisotopic (exact) mass is 366 g/mol. The average Bonchev–Trinajstić information content (AvgIpc) is 3.36.